The van der Waals surface area contributed by atoms with Gasteiger partial charge in [0.05, 0.1) is 25.4 Å². The Morgan fingerprint density at radius 1 is 1.17 bits per heavy atom. The second-order valence-corrected chi connectivity index (χ2v) is 7.07. The molecule has 2 saturated heterocycles. The lowest BCUT2D eigenvalue weighted by molar-refractivity contribution is -0.345. The summed E-state index contributed by atoms with van der Waals surface area (Å²) in [4.78, 5) is 11.3. The largest absolute Gasteiger partial charge is 0.477 e. The van der Waals surface area contributed by atoms with Crippen LogP contribution in [0, 0.1) is 0 Å². The minimum Gasteiger partial charge on any atom is -0.477 e. The topological polar surface area (TPSA) is 253 Å². The molecule has 0 unspecified atom stereocenters. The highest BCUT2D eigenvalue weighted by molar-refractivity contribution is 5.75. The first-order valence-corrected chi connectivity index (χ1v) is 8.79. The average Bonchev–Trinajstić information content (AvgIpc) is 2.68. The molecule has 0 saturated carbocycles. The molecule has 0 aromatic carbocycles. The molecule has 2 rings (SSSR count). The van der Waals surface area contributed by atoms with Gasteiger partial charge in [0, 0.05) is 6.42 Å². The molecule has 2 fully saturated rings. The van der Waals surface area contributed by atoms with Crippen molar-refractivity contribution in [3.05, 3.63) is 0 Å². The predicted molar refractivity (Wildman–Crippen MR) is 87.8 cm³/mol. The van der Waals surface area contributed by atoms with Gasteiger partial charge in [-0.15, -0.1) is 0 Å². The lowest BCUT2D eigenvalue weighted by Gasteiger charge is -2.46. The average molecular weight is 429 g/mol. The zero-order valence-electron chi connectivity index (χ0n) is 15.1. The van der Waals surface area contributed by atoms with Crippen molar-refractivity contribution < 1.29 is 65.0 Å². The molecule has 0 bridgehead atoms. The molecular formula is C15H27NO13. The monoisotopic (exact) mass is 429 g/mol. The van der Waals surface area contributed by atoms with Crippen LogP contribution in [0.3, 0.4) is 0 Å². The smallest absolute Gasteiger partial charge is 0.364 e. The van der Waals surface area contributed by atoms with Crippen LogP contribution in [-0.2, 0) is 19.0 Å². The van der Waals surface area contributed by atoms with Gasteiger partial charge in [-0.1, -0.05) is 0 Å². The van der Waals surface area contributed by atoms with Crippen molar-refractivity contribution in [2.45, 2.75) is 73.4 Å². The van der Waals surface area contributed by atoms with E-state index < -0.39 is 92.6 Å². The molecule has 14 heteroatoms. The highest BCUT2D eigenvalue weighted by Gasteiger charge is 2.54. The van der Waals surface area contributed by atoms with E-state index in [2.05, 4.69) is 0 Å². The quantitative estimate of drug-likeness (QED) is 0.181. The summed E-state index contributed by atoms with van der Waals surface area (Å²) in [6, 6.07) is -1.40. The number of rotatable bonds is 7. The maximum absolute atomic E-state index is 11.3. The fraction of sp³-hybridized carbons (Fsp3) is 0.933. The molecule has 0 aromatic heterocycles. The fourth-order valence-electron chi connectivity index (χ4n) is 3.24. The van der Waals surface area contributed by atoms with Gasteiger partial charge >= 0.3 is 5.97 Å². The summed E-state index contributed by atoms with van der Waals surface area (Å²) in [7, 11) is 0. The third kappa shape index (κ3) is 4.84. The Labute approximate surface area is 164 Å². The van der Waals surface area contributed by atoms with Crippen LogP contribution in [0.5, 0.6) is 0 Å². The van der Waals surface area contributed by atoms with Crippen molar-refractivity contribution in [2.75, 3.05) is 13.2 Å². The fourth-order valence-corrected chi connectivity index (χ4v) is 3.24. The first-order chi connectivity index (χ1) is 13.5. The standard InChI is InChI=1S/C15H27NO13/c16-7-4(19)1-15(26,14(24)25)29-12(7)11(5(20)2-17)28-13-10(23)9(22)8(21)6(3-18)27-13/h4-13,17-23,26H,1-3,16H2,(H,24,25)/t4-,5+,6+,7+,8-,9-,10+,11+,12+,13-,15-/m0/s1. The van der Waals surface area contributed by atoms with Crippen molar-refractivity contribution in [1.29, 1.82) is 0 Å². The highest BCUT2D eigenvalue weighted by atomic mass is 16.7. The van der Waals surface area contributed by atoms with E-state index in [1.165, 1.54) is 0 Å². The van der Waals surface area contributed by atoms with Crippen molar-refractivity contribution in [2.24, 2.45) is 5.73 Å². The Morgan fingerprint density at radius 2 is 1.79 bits per heavy atom. The van der Waals surface area contributed by atoms with Gasteiger partial charge < -0.3 is 65.9 Å². The predicted octanol–water partition coefficient (Wildman–Crippen LogP) is -6.22. The maximum Gasteiger partial charge on any atom is 0.364 e. The van der Waals surface area contributed by atoms with Crippen LogP contribution in [0.2, 0.25) is 0 Å². The van der Waals surface area contributed by atoms with Gasteiger partial charge in [0.15, 0.2) is 6.29 Å². The van der Waals surface area contributed by atoms with E-state index in [4.69, 9.17) is 25.1 Å². The number of hydrogen-bond acceptors (Lipinski definition) is 13. The number of aliphatic carboxylic acids is 1. The number of nitrogens with two attached hydrogens (primary N) is 1. The second kappa shape index (κ2) is 9.42. The third-order valence-electron chi connectivity index (χ3n) is 5.00. The minimum atomic E-state index is -2.88. The summed E-state index contributed by atoms with van der Waals surface area (Å²) in [5.41, 5.74) is 5.80. The second-order valence-electron chi connectivity index (χ2n) is 7.07. The summed E-state index contributed by atoms with van der Waals surface area (Å²) in [6.07, 6.45) is -16.2. The third-order valence-corrected chi connectivity index (χ3v) is 5.00. The molecule has 0 radical (unpaired) electrons. The molecule has 14 nitrogen and oxygen atoms in total. The van der Waals surface area contributed by atoms with E-state index in [1.807, 2.05) is 0 Å². The molecule has 0 spiro atoms. The molecule has 11 N–H and O–H groups in total. The highest BCUT2D eigenvalue weighted by Crippen LogP contribution is 2.32. The van der Waals surface area contributed by atoms with Crippen LogP contribution >= 0.6 is 0 Å². The Hall–Kier alpha value is -1.01. The van der Waals surface area contributed by atoms with Crippen molar-refractivity contribution in [1.82, 2.24) is 0 Å². The van der Waals surface area contributed by atoms with Crippen LogP contribution in [-0.4, -0.2) is 132 Å². The summed E-state index contributed by atoms with van der Waals surface area (Å²) in [6.45, 7) is -1.73. The lowest BCUT2D eigenvalue weighted by Crippen LogP contribution is -2.67. The molecular weight excluding hydrogens is 402 g/mol. The maximum atomic E-state index is 11.3. The van der Waals surface area contributed by atoms with E-state index in [0.29, 0.717) is 0 Å². The molecule has 29 heavy (non-hydrogen) atoms. The molecule has 0 amide bonds. The molecule has 0 aliphatic carbocycles. The number of carboxylic acid groups (broad SMARTS) is 1. The van der Waals surface area contributed by atoms with Crippen molar-refractivity contribution in [3.63, 3.8) is 0 Å². The van der Waals surface area contributed by atoms with Gasteiger partial charge in [-0.2, -0.15) is 0 Å². The summed E-state index contributed by atoms with van der Waals surface area (Å²) < 4.78 is 15.6. The first-order valence-electron chi connectivity index (χ1n) is 8.79. The number of aliphatic hydroxyl groups is 8. The van der Waals surface area contributed by atoms with E-state index in [-0.39, 0.29) is 0 Å². The Bertz CT molecular complexity index is 564. The van der Waals surface area contributed by atoms with Gasteiger partial charge in [-0.3, -0.25) is 0 Å². The van der Waals surface area contributed by atoms with Crippen molar-refractivity contribution in [3.8, 4) is 0 Å². The first kappa shape index (κ1) is 24.3. The summed E-state index contributed by atoms with van der Waals surface area (Å²) in [5.74, 6) is -4.73. The number of carboxylic acids is 1. The summed E-state index contributed by atoms with van der Waals surface area (Å²) in [5, 5.41) is 87.7. The van der Waals surface area contributed by atoms with Crippen LogP contribution < -0.4 is 5.73 Å². The van der Waals surface area contributed by atoms with Gasteiger partial charge in [-0.05, 0) is 0 Å². The van der Waals surface area contributed by atoms with Crippen LogP contribution in [0.1, 0.15) is 6.42 Å². The SMILES string of the molecule is N[C@H]1[C@H]([C@H](O[C@@H]2O[C@H](CO)[C@H](O)[C@H](O)[C@H]2O)[C@H](O)CO)O[C@](O)(C(=O)O)C[C@@H]1O. The zero-order chi connectivity index (χ0) is 22.1. The molecule has 0 aromatic rings. The van der Waals surface area contributed by atoms with Gasteiger partial charge in [-0.25, -0.2) is 4.79 Å². The van der Waals surface area contributed by atoms with E-state index in [0.717, 1.165) is 0 Å². The molecule has 2 aliphatic heterocycles. The van der Waals surface area contributed by atoms with E-state index in [1.54, 1.807) is 0 Å². The normalized spacial score (nSPS) is 45.6. The Kier molecular flexibility index (Phi) is 7.88. The molecule has 11 atom stereocenters. The zero-order valence-corrected chi connectivity index (χ0v) is 15.1. The number of ether oxygens (including phenoxy) is 3. The van der Waals surface area contributed by atoms with E-state index in [9.17, 15) is 45.6 Å². The molecule has 2 aliphatic rings. The molecule has 170 valence electrons. The van der Waals surface area contributed by atoms with Gasteiger partial charge in [0.1, 0.15) is 42.7 Å². The Balaban J connectivity index is 2.30. The van der Waals surface area contributed by atoms with Crippen molar-refractivity contribution >= 4 is 5.97 Å². The van der Waals surface area contributed by atoms with Gasteiger partial charge in [0.2, 0.25) is 0 Å². The minimum absolute atomic E-state index is 0.769. The number of carbonyl (C=O) groups is 1. The van der Waals surface area contributed by atoms with Crippen LogP contribution in [0.4, 0.5) is 0 Å². The summed E-state index contributed by atoms with van der Waals surface area (Å²) >= 11 is 0. The van der Waals surface area contributed by atoms with Gasteiger partial charge in [0.25, 0.3) is 5.79 Å². The molecule has 2 heterocycles. The lowest BCUT2D eigenvalue weighted by atomic mass is 9.89. The number of aliphatic hydroxyl groups excluding tert-OH is 7. The van der Waals surface area contributed by atoms with E-state index >= 15 is 0 Å². The number of hydrogen-bond donors (Lipinski definition) is 10. The van der Waals surface area contributed by atoms with Crippen LogP contribution in [0.25, 0.3) is 0 Å². The Morgan fingerprint density at radius 3 is 2.31 bits per heavy atom. The van der Waals surface area contributed by atoms with Crippen LogP contribution in [0.15, 0.2) is 0 Å².